The van der Waals surface area contributed by atoms with Crippen molar-refractivity contribution < 1.29 is 0 Å². The van der Waals surface area contributed by atoms with E-state index in [0.717, 1.165) is 66.3 Å². The topological polar surface area (TPSA) is 61.4 Å². The van der Waals surface area contributed by atoms with E-state index in [0.29, 0.717) is 17.6 Å². The van der Waals surface area contributed by atoms with Crippen molar-refractivity contribution in [2.45, 2.75) is 0 Å². The molecule has 0 aliphatic carbocycles. The van der Waals surface area contributed by atoms with Gasteiger partial charge in [0.15, 0.2) is 11.6 Å². The van der Waals surface area contributed by atoms with Crippen LogP contribution < -0.4 is 0 Å². The third-order valence-electron chi connectivity index (χ3n) is 9.43. The Morgan fingerprint density at radius 2 is 0.880 bits per heavy atom. The maximum Gasteiger partial charge on any atom is 0.238 e. The van der Waals surface area contributed by atoms with Gasteiger partial charge in [-0.05, 0) is 36.4 Å². The van der Waals surface area contributed by atoms with E-state index in [1.807, 2.05) is 66.9 Å². The van der Waals surface area contributed by atoms with E-state index in [4.69, 9.17) is 19.9 Å². The van der Waals surface area contributed by atoms with Gasteiger partial charge in [-0.25, -0.2) is 4.98 Å². The van der Waals surface area contributed by atoms with Gasteiger partial charge in [-0.1, -0.05) is 127 Å². The van der Waals surface area contributed by atoms with Crippen LogP contribution in [-0.2, 0) is 0 Å². The van der Waals surface area contributed by atoms with E-state index in [1.54, 1.807) is 0 Å². The monoisotopic (exact) mass is 640 g/mol. The predicted molar refractivity (Wildman–Crippen MR) is 203 cm³/mol. The molecule has 0 atom stereocenters. The number of aromatic nitrogens is 6. The molecule has 4 aromatic heterocycles. The third-order valence-corrected chi connectivity index (χ3v) is 9.43. The lowest BCUT2D eigenvalue weighted by atomic mass is 10.1. The molecule has 0 aliphatic heterocycles. The second kappa shape index (κ2) is 11.4. The molecule has 0 bridgehead atoms. The van der Waals surface area contributed by atoms with Crippen LogP contribution in [0.5, 0.6) is 0 Å². The fraction of sp³-hybridized carbons (Fsp3) is 0. The molecule has 4 heterocycles. The highest BCUT2D eigenvalue weighted by molar-refractivity contribution is 6.11. The van der Waals surface area contributed by atoms with E-state index in [2.05, 4.69) is 112 Å². The Morgan fingerprint density at radius 1 is 0.360 bits per heavy atom. The summed E-state index contributed by atoms with van der Waals surface area (Å²) in [6.07, 6.45) is 2.01. The number of fused-ring (bicyclic) bond motifs is 6. The second-order valence-electron chi connectivity index (χ2n) is 12.4. The predicted octanol–water partition coefficient (Wildman–Crippen LogP) is 10.5. The van der Waals surface area contributed by atoms with Crippen molar-refractivity contribution in [2.75, 3.05) is 0 Å². The molecule has 0 saturated carbocycles. The van der Waals surface area contributed by atoms with Crippen LogP contribution in [0, 0.1) is 0 Å². The fourth-order valence-corrected chi connectivity index (χ4v) is 7.12. The van der Waals surface area contributed by atoms with Crippen molar-refractivity contribution in [1.29, 1.82) is 0 Å². The lowest BCUT2D eigenvalue weighted by Gasteiger charge is -2.11. The highest BCUT2D eigenvalue weighted by Crippen LogP contribution is 2.37. The Bertz CT molecular complexity index is 2800. The summed E-state index contributed by atoms with van der Waals surface area (Å²) in [4.78, 5) is 20.2. The van der Waals surface area contributed by atoms with Gasteiger partial charge in [0.05, 0.1) is 27.8 Å². The molecule has 0 aliphatic rings. The van der Waals surface area contributed by atoms with Crippen molar-refractivity contribution >= 4 is 43.6 Å². The normalized spacial score (nSPS) is 11.6. The Morgan fingerprint density at radius 3 is 1.54 bits per heavy atom. The molecule has 6 aromatic carbocycles. The van der Waals surface area contributed by atoms with Crippen LogP contribution in [0.15, 0.2) is 170 Å². The first-order valence-corrected chi connectivity index (χ1v) is 16.7. The quantitative estimate of drug-likeness (QED) is 0.188. The van der Waals surface area contributed by atoms with Crippen LogP contribution in [-0.4, -0.2) is 29.1 Å². The van der Waals surface area contributed by atoms with E-state index in [9.17, 15) is 0 Å². The van der Waals surface area contributed by atoms with Crippen molar-refractivity contribution in [3.8, 4) is 45.7 Å². The van der Waals surface area contributed by atoms with Crippen LogP contribution >= 0.6 is 0 Å². The molecule has 10 rings (SSSR count). The molecule has 0 unspecified atom stereocenters. The highest BCUT2D eigenvalue weighted by atomic mass is 15.2. The summed E-state index contributed by atoms with van der Waals surface area (Å²) in [6, 6.07) is 56.5. The first-order chi connectivity index (χ1) is 24.8. The summed E-state index contributed by atoms with van der Waals surface area (Å²) in [5.74, 6) is 1.81. The first-order valence-electron chi connectivity index (χ1n) is 16.7. The molecule has 0 amide bonds. The maximum atomic E-state index is 5.11. The summed E-state index contributed by atoms with van der Waals surface area (Å²) in [5.41, 5.74) is 9.17. The van der Waals surface area contributed by atoms with Crippen LogP contribution in [0.25, 0.3) is 89.3 Å². The number of rotatable bonds is 5. The summed E-state index contributed by atoms with van der Waals surface area (Å²) >= 11 is 0. The molecule has 0 saturated heterocycles. The fourth-order valence-electron chi connectivity index (χ4n) is 7.12. The molecular weight excluding hydrogens is 613 g/mol. The average Bonchev–Trinajstić information content (AvgIpc) is 3.71. The third kappa shape index (κ3) is 4.50. The number of hydrogen-bond donors (Lipinski definition) is 0. The molecule has 50 heavy (non-hydrogen) atoms. The number of nitrogens with zero attached hydrogens (tertiary/aromatic N) is 6. The van der Waals surface area contributed by atoms with Crippen LogP contribution in [0.1, 0.15) is 0 Å². The molecule has 0 N–H and O–H groups in total. The van der Waals surface area contributed by atoms with Gasteiger partial charge in [0.25, 0.3) is 0 Å². The summed E-state index contributed by atoms with van der Waals surface area (Å²) in [7, 11) is 0. The van der Waals surface area contributed by atoms with Gasteiger partial charge >= 0.3 is 0 Å². The lowest BCUT2D eigenvalue weighted by Crippen LogP contribution is -2.06. The van der Waals surface area contributed by atoms with Gasteiger partial charge in [0.2, 0.25) is 5.95 Å². The zero-order valence-electron chi connectivity index (χ0n) is 26.8. The van der Waals surface area contributed by atoms with Crippen LogP contribution in [0.4, 0.5) is 0 Å². The van der Waals surface area contributed by atoms with Gasteiger partial charge in [-0.2, -0.15) is 9.97 Å². The van der Waals surface area contributed by atoms with Gasteiger partial charge in [0, 0.05) is 50.1 Å². The van der Waals surface area contributed by atoms with Gasteiger partial charge < -0.3 is 4.57 Å². The molecule has 0 spiro atoms. The Labute approximate surface area is 287 Å². The van der Waals surface area contributed by atoms with Gasteiger partial charge in [-0.15, -0.1) is 0 Å². The second-order valence-corrected chi connectivity index (χ2v) is 12.4. The Balaban J connectivity index is 1.22. The SMILES string of the molecule is c1ccc(-c2nc(-c3ccccc3)nc(-n3c4ccccc4c4ccc(-c5cc6c(cn5)c5ccccc5n6-c5ccccc5)cc43)n2)cc1. The summed E-state index contributed by atoms with van der Waals surface area (Å²) in [6.45, 7) is 0. The molecule has 234 valence electrons. The van der Waals surface area contributed by atoms with E-state index in [-0.39, 0.29) is 0 Å². The van der Waals surface area contributed by atoms with Crippen molar-refractivity contribution in [3.05, 3.63) is 170 Å². The van der Waals surface area contributed by atoms with Gasteiger partial charge in [-0.3, -0.25) is 9.55 Å². The van der Waals surface area contributed by atoms with E-state index in [1.165, 1.54) is 5.39 Å². The average molecular weight is 641 g/mol. The molecular formula is C44H28N6. The molecule has 6 heteroatoms. The Kier molecular flexibility index (Phi) is 6.39. The number of hydrogen-bond acceptors (Lipinski definition) is 4. The number of para-hydroxylation sites is 3. The summed E-state index contributed by atoms with van der Waals surface area (Å²) < 4.78 is 4.49. The van der Waals surface area contributed by atoms with E-state index < -0.39 is 0 Å². The van der Waals surface area contributed by atoms with Crippen LogP contribution in [0.2, 0.25) is 0 Å². The van der Waals surface area contributed by atoms with Crippen LogP contribution in [0.3, 0.4) is 0 Å². The minimum Gasteiger partial charge on any atom is -0.309 e. The van der Waals surface area contributed by atoms with Crippen molar-refractivity contribution in [1.82, 2.24) is 29.1 Å². The molecule has 6 nitrogen and oxygen atoms in total. The maximum absolute atomic E-state index is 5.11. The lowest BCUT2D eigenvalue weighted by molar-refractivity contribution is 0.953. The molecule has 0 radical (unpaired) electrons. The zero-order valence-corrected chi connectivity index (χ0v) is 26.8. The standard InChI is InChI=1S/C44H28N6/c1-4-14-29(15-5-1)42-46-43(30-16-6-2-7-17-30)48-44(47-42)50-39-23-13-10-20-33(39)35-25-24-31(26-40(35)50)37-27-41-36(28-45-37)34-21-11-12-22-38(34)49(41)32-18-8-3-9-19-32/h1-28H. The van der Waals surface area contributed by atoms with Crippen molar-refractivity contribution in [2.24, 2.45) is 0 Å². The number of benzene rings is 6. The zero-order chi connectivity index (χ0) is 33.0. The molecule has 10 aromatic rings. The largest absolute Gasteiger partial charge is 0.309 e. The first kappa shape index (κ1) is 28.1. The molecule has 0 fully saturated rings. The minimum atomic E-state index is 0.564. The smallest absolute Gasteiger partial charge is 0.238 e. The van der Waals surface area contributed by atoms with Gasteiger partial charge in [0.1, 0.15) is 0 Å². The summed E-state index contributed by atoms with van der Waals surface area (Å²) in [5, 5.41) is 4.55. The minimum absolute atomic E-state index is 0.564. The van der Waals surface area contributed by atoms with Crippen molar-refractivity contribution in [3.63, 3.8) is 0 Å². The van der Waals surface area contributed by atoms with E-state index >= 15 is 0 Å². The Hall–Kier alpha value is -6.92. The number of pyridine rings is 1. The highest BCUT2D eigenvalue weighted by Gasteiger charge is 2.19.